The predicted octanol–water partition coefficient (Wildman–Crippen LogP) is 1.76. The van der Waals surface area contributed by atoms with E-state index in [9.17, 15) is 22.8 Å². The summed E-state index contributed by atoms with van der Waals surface area (Å²) in [4.78, 5) is 35.6. The van der Waals surface area contributed by atoms with Crippen LogP contribution in [0.2, 0.25) is 0 Å². The van der Waals surface area contributed by atoms with Crippen LogP contribution < -0.4 is 10.6 Å². The summed E-state index contributed by atoms with van der Waals surface area (Å²) in [5.74, 6) is -2.85. The number of rotatable bonds is 10. The van der Waals surface area contributed by atoms with E-state index in [-0.39, 0.29) is 18.9 Å². The number of nitrogens with one attached hydrogen (secondary N) is 2. The molecule has 176 valence electrons. The maximum Gasteiger partial charge on any atom is 0.407 e. The Morgan fingerprint density at radius 3 is 2.12 bits per heavy atom. The van der Waals surface area contributed by atoms with Crippen LogP contribution in [0.25, 0.3) is 11.1 Å². The van der Waals surface area contributed by atoms with Gasteiger partial charge < -0.3 is 20.5 Å². The number of ether oxygens (including phenoxy) is 1. The maximum atomic E-state index is 12.4. The van der Waals surface area contributed by atoms with Crippen molar-refractivity contribution in [2.45, 2.75) is 24.8 Å². The number of hydrogen-bond donors (Lipinski definition) is 4. The molecule has 0 unspecified atom stereocenters. The van der Waals surface area contributed by atoms with Gasteiger partial charge in [0.05, 0.1) is 5.75 Å². The Kier molecular flexibility index (Phi) is 7.67. The van der Waals surface area contributed by atoms with E-state index in [4.69, 9.17) is 14.4 Å². The van der Waals surface area contributed by atoms with Gasteiger partial charge in [-0.2, -0.15) is 8.42 Å². The number of carbonyl (C=O) groups is 3. The molecule has 2 aromatic rings. The molecule has 1 aliphatic carbocycles. The molecule has 0 aliphatic heterocycles. The smallest absolute Gasteiger partial charge is 0.407 e. The molecule has 1 aliphatic rings. The number of carboxylic acids is 1. The number of alkyl carbamates (subject to hydrolysis) is 1. The molecular formula is C22H24N2O8S. The van der Waals surface area contributed by atoms with E-state index in [0.29, 0.717) is 0 Å². The van der Waals surface area contributed by atoms with E-state index < -0.39 is 52.8 Å². The summed E-state index contributed by atoms with van der Waals surface area (Å²) in [6, 6.07) is 14.3. The topological polar surface area (TPSA) is 159 Å². The largest absolute Gasteiger partial charge is 0.481 e. The van der Waals surface area contributed by atoms with Gasteiger partial charge in [-0.3, -0.25) is 14.1 Å². The molecule has 0 bridgehead atoms. The molecule has 10 nitrogen and oxygen atoms in total. The average Bonchev–Trinajstić information content (AvgIpc) is 3.08. The molecule has 2 amide bonds. The fraction of sp³-hybridized carbons (Fsp3) is 0.318. The van der Waals surface area contributed by atoms with E-state index in [2.05, 4.69) is 10.6 Å². The summed E-state index contributed by atoms with van der Waals surface area (Å²) in [6.07, 6.45) is -1.53. The standard InChI is InChI=1S/C22H24N2O8S/c25-20(26)10-9-19(21(27)23-11-12-33(29,30)31)24-22(28)32-13-18-16-7-3-1-5-14(16)15-6-2-4-8-17(15)18/h1-8,18-19H,9-13H2,(H,23,27)(H,24,28)(H,25,26)(H,29,30,31)/t19-/m0/s1. The predicted molar refractivity (Wildman–Crippen MR) is 118 cm³/mol. The van der Waals surface area contributed by atoms with Crippen molar-refractivity contribution < 1.29 is 37.2 Å². The Balaban J connectivity index is 1.63. The van der Waals surface area contributed by atoms with Crippen LogP contribution >= 0.6 is 0 Å². The second-order valence-electron chi connectivity index (χ2n) is 7.53. The summed E-state index contributed by atoms with van der Waals surface area (Å²) < 4.78 is 35.7. The van der Waals surface area contributed by atoms with Crippen molar-refractivity contribution in [2.24, 2.45) is 0 Å². The molecule has 3 rings (SSSR count). The molecule has 0 radical (unpaired) electrons. The van der Waals surface area contributed by atoms with Gasteiger partial charge in [-0.05, 0) is 28.7 Å². The lowest BCUT2D eigenvalue weighted by molar-refractivity contribution is -0.137. The molecule has 0 spiro atoms. The third-order valence-electron chi connectivity index (χ3n) is 5.26. The monoisotopic (exact) mass is 476 g/mol. The van der Waals surface area contributed by atoms with E-state index in [1.54, 1.807) is 0 Å². The van der Waals surface area contributed by atoms with Crippen LogP contribution in [0, 0.1) is 0 Å². The SMILES string of the molecule is O=C(O)CC[C@H](NC(=O)OCC1c2ccccc2-c2ccccc21)C(=O)NCCS(=O)(=O)O. The second kappa shape index (κ2) is 10.5. The molecular weight excluding hydrogens is 452 g/mol. The third kappa shape index (κ3) is 6.53. The normalized spacial score (nSPS) is 13.5. The summed E-state index contributed by atoms with van der Waals surface area (Å²) >= 11 is 0. The van der Waals surface area contributed by atoms with Crippen LogP contribution in [0.1, 0.15) is 29.9 Å². The first-order valence-corrected chi connectivity index (χ1v) is 11.8. The maximum absolute atomic E-state index is 12.4. The first-order chi connectivity index (χ1) is 15.7. The Hall–Kier alpha value is -3.44. The lowest BCUT2D eigenvalue weighted by Gasteiger charge is -2.19. The van der Waals surface area contributed by atoms with Gasteiger partial charge in [0.15, 0.2) is 0 Å². The number of amides is 2. The lowest BCUT2D eigenvalue weighted by Crippen LogP contribution is -2.48. The van der Waals surface area contributed by atoms with Crippen molar-refractivity contribution in [3.8, 4) is 11.1 Å². The lowest BCUT2D eigenvalue weighted by atomic mass is 9.98. The van der Waals surface area contributed by atoms with Crippen molar-refractivity contribution in [2.75, 3.05) is 18.9 Å². The second-order valence-corrected chi connectivity index (χ2v) is 9.10. The minimum absolute atomic E-state index is 0.00981. The van der Waals surface area contributed by atoms with Crippen molar-refractivity contribution in [1.29, 1.82) is 0 Å². The zero-order valence-corrected chi connectivity index (χ0v) is 18.4. The van der Waals surface area contributed by atoms with E-state index in [1.807, 2.05) is 48.5 Å². The number of hydrogen-bond acceptors (Lipinski definition) is 6. The van der Waals surface area contributed by atoms with Gasteiger partial charge in [-0.25, -0.2) is 4.79 Å². The summed E-state index contributed by atoms with van der Waals surface area (Å²) in [7, 11) is -4.28. The highest BCUT2D eigenvalue weighted by Gasteiger charge is 2.30. The van der Waals surface area contributed by atoms with Gasteiger partial charge in [0.2, 0.25) is 5.91 Å². The highest BCUT2D eigenvalue weighted by atomic mass is 32.2. The number of carboxylic acid groups (broad SMARTS) is 1. The van der Waals surface area contributed by atoms with Gasteiger partial charge >= 0.3 is 12.1 Å². The first kappa shape index (κ1) is 24.2. The van der Waals surface area contributed by atoms with Crippen LogP contribution in [0.4, 0.5) is 4.79 Å². The third-order valence-corrected chi connectivity index (χ3v) is 5.98. The summed E-state index contributed by atoms with van der Waals surface area (Å²) in [5.41, 5.74) is 4.13. The zero-order valence-electron chi connectivity index (χ0n) is 17.6. The molecule has 4 N–H and O–H groups in total. The van der Waals surface area contributed by atoms with Gasteiger partial charge in [-0.1, -0.05) is 48.5 Å². The summed E-state index contributed by atoms with van der Waals surface area (Å²) in [5, 5.41) is 13.5. The minimum atomic E-state index is -4.28. The van der Waals surface area contributed by atoms with Crippen molar-refractivity contribution >= 4 is 28.1 Å². The molecule has 0 aromatic heterocycles. The van der Waals surface area contributed by atoms with Gasteiger partial charge in [-0.15, -0.1) is 0 Å². The van der Waals surface area contributed by atoms with Gasteiger partial charge in [0.1, 0.15) is 12.6 Å². The number of carbonyl (C=O) groups excluding carboxylic acids is 2. The molecule has 2 aromatic carbocycles. The zero-order chi connectivity index (χ0) is 24.0. The number of aliphatic carboxylic acids is 1. The molecule has 33 heavy (non-hydrogen) atoms. The van der Waals surface area contributed by atoms with Crippen LogP contribution in [-0.2, 0) is 24.4 Å². The van der Waals surface area contributed by atoms with Gasteiger partial charge in [0, 0.05) is 18.9 Å². The van der Waals surface area contributed by atoms with Crippen molar-refractivity contribution in [3.63, 3.8) is 0 Å². The quantitative estimate of drug-likeness (QED) is 0.378. The fourth-order valence-corrected chi connectivity index (χ4v) is 4.11. The van der Waals surface area contributed by atoms with Crippen molar-refractivity contribution in [1.82, 2.24) is 10.6 Å². The highest BCUT2D eigenvalue weighted by Crippen LogP contribution is 2.44. The van der Waals surface area contributed by atoms with Crippen LogP contribution in [-0.4, -0.2) is 61.0 Å². The van der Waals surface area contributed by atoms with Gasteiger partial charge in [0.25, 0.3) is 10.1 Å². The van der Waals surface area contributed by atoms with Crippen LogP contribution in [0.15, 0.2) is 48.5 Å². The number of fused-ring (bicyclic) bond motifs is 3. The van der Waals surface area contributed by atoms with E-state index in [1.165, 1.54) is 0 Å². The number of benzene rings is 2. The summed E-state index contributed by atoms with van der Waals surface area (Å²) in [6.45, 7) is -0.385. The van der Waals surface area contributed by atoms with Crippen LogP contribution in [0.3, 0.4) is 0 Å². The van der Waals surface area contributed by atoms with E-state index >= 15 is 0 Å². The van der Waals surface area contributed by atoms with Crippen LogP contribution in [0.5, 0.6) is 0 Å². The Morgan fingerprint density at radius 2 is 1.58 bits per heavy atom. The molecule has 0 heterocycles. The molecule has 0 saturated heterocycles. The highest BCUT2D eigenvalue weighted by molar-refractivity contribution is 7.85. The first-order valence-electron chi connectivity index (χ1n) is 10.2. The molecule has 1 atom stereocenters. The molecule has 0 saturated carbocycles. The Bertz CT molecular complexity index is 1100. The molecule has 11 heteroatoms. The van der Waals surface area contributed by atoms with Crippen molar-refractivity contribution in [3.05, 3.63) is 59.7 Å². The average molecular weight is 477 g/mol. The minimum Gasteiger partial charge on any atom is -0.481 e. The Morgan fingerprint density at radius 1 is 1.00 bits per heavy atom. The fourth-order valence-electron chi connectivity index (χ4n) is 3.75. The van der Waals surface area contributed by atoms with E-state index in [0.717, 1.165) is 22.3 Å². The Labute approximate surface area is 190 Å². The molecule has 0 fully saturated rings.